The van der Waals surface area contributed by atoms with Gasteiger partial charge in [0.15, 0.2) is 5.78 Å². The van der Waals surface area contributed by atoms with Crippen LogP contribution in [0.3, 0.4) is 0 Å². The summed E-state index contributed by atoms with van der Waals surface area (Å²) in [5, 5.41) is 2.51. The van der Waals surface area contributed by atoms with Crippen molar-refractivity contribution in [3.05, 3.63) is 35.9 Å². The highest BCUT2D eigenvalue weighted by molar-refractivity contribution is 5.93. The van der Waals surface area contributed by atoms with E-state index >= 15 is 0 Å². The van der Waals surface area contributed by atoms with Gasteiger partial charge in [-0.1, -0.05) is 30.3 Å². The molecule has 0 aromatic heterocycles. The number of ketones is 1. The van der Waals surface area contributed by atoms with Gasteiger partial charge in [0.2, 0.25) is 5.91 Å². The van der Waals surface area contributed by atoms with E-state index in [4.69, 9.17) is 0 Å². The molecule has 6 nitrogen and oxygen atoms in total. The van der Waals surface area contributed by atoms with Crippen molar-refractivity contribution in [3.8, 4) is 0 Å². The van der Waals surface area contributed by atoms with Gasteiger partial charge in [0.05, 0.1) is 13.7 Å². The lowest BCUT2D eigenvalue weighted by atomic mass is 10.1. The SMILES string of the molecule is COC(=O)N[C@@H](C(=O)N1CCC(=O)C1)c1ccccc1. The van der Waals surface area contributed by atoms with Crippen LogP contribution in [-0.2, 0) is 14.3 Å². The lowest BCUT2D eigenvalue weighted by Gasteiger charge is -2.23. The molecule has 1 heterocycles. The van der Waals surface area contributed by atoms with Crippen molar-refractivity contribution < 1.29 is 19.1 Å². The van der Waals surface area contributed by atoms with Crippen LogP contribution in [0.15, 0.2) is 30.3 Å². The van der Waals surface area contributed by atoms with E-state index in [0.717, 1.165) is 0 Å². The summed E-state index contributed by atoms with van der Waals surface area (Å²) >= 11 is 0. The molecule has 1 saturated heterocycles. The summed E-state index contributed by atoms with van der Waals surface area (Å²) in [5.41, 5.74) is 0.655. The number of methoxy groups -OCH3 is 1. The zero-order valence-corrected chi connectivity index (χ0v) is 11.2. The Balaban J connectivity index is 2.20. The molecule has 2 rings (SSSR count). The van der Waals surface area contributed by atoms with Gasteiger partial charge in [-0.2, -0.15) is 0 Å². The van der Waals surface area contributed by atoms with Gasteiger partial charge in [-0.25, -0.2) is 4.79 Å². The summed E-state index contributed by atoms with van der Waals surface area (Å²) in [7, 11) is 1.24. The number of alkyl carbamates (subject to hydrolysis) is 1. The number of rotatable bonds is 3. The predicted octanol–water partition coefficient (Wildman–Crippen LogP) is 0.885. The number of benzene rings is 1. The first-order valence-electron chi connectivity index (χ1n) is 6.31. The van der Waals surface area contributed by atoms with Gasteiger partial charge in [-0.3, -0.25) is 9.59 Å². The second-order valence-corrected chi connectivity index (χ2v) is 4.53. The van der Waals surface area contributed by atoms with Crippen LogP contribution >= 0.6 is 0 Å². The molecular weight excluding hydrogens is 260 g/mol. The molecule has 6 heteroatoms. The maximum absolute atomic E-state index is 12.4. The minimum atomic E-state index is -0.838. The lowest BCUT2D eigenvalue weighted by molar-refractivity contribution is -0.133. The second kappa shape index (κ2) is 6.18. The summed E-state index contributed by atoms with van der Waals surface area (Å²) in [6, 6.07) is 8.04. The minimum Gasteiger partial charge on any atom is -0.453 e. The number of ether oxygens (including phenoxy) is 1. The molecule has 0 saturated carbocycles. The summed E-state index contributed by atoms with van der Waals surface area (Å²) in [6.07, 6.45) is -0.316. The quantitative estimate of drug-likeness (QED) is 0.889. The highest BCUT2D eigenvalue weighted by Gasteiger charge is 2.31. The van der Waals surface area contributed by atoms with Gasteiger partial charge in [-0.05, 0) is 5.56 Å². The van der Waals surface area contributed by atoms with E-state index in [1.807, 2.05) is 6.07 Å². The van der Waals surface area contributed by atoms with E-state index in [1.54, 1.807) is 24.3 Å². The monoisotopic (exact) mass is 276 g/mol. The first-order valence-corrected chi connectivity index (χ1v) is 6.31. The van der Waals surface area contributed by atoms with Gasteiger partial charge in [-0.15, -0.1) is 0 Å². The molecule has 0 unspecified atom stereocenters. The summed E-state index contributed by atoms with van der Waals surface area (Å²) in [5.74, 6) is -0.268. The minimum absolute atomic E-state index is 0.0308. The molecule has 0 bridgehead atoms. The summed E-state index contributed by atoms with van der Waals surface area (Å²) < 4.78 is 4.55. The molecule has 1 N–H and O–H groups in total. The number of carbonyl (C=O) groups excluding carboxylic acids is 3. The van der Waals surface area contributed by atoms with Gasteiger partial charge in [0.1, 0.15) is 6.04 Å². The molecule has 1 aromatic rings. The fourth-order valence-corrected chi connectivity index (χ4v) is 2.11. The number of likely N-dealkylation sites (tertiary alicyclic amines) is 1. The van der Waals surface area contributed by atoms with E-state index in [1.165, 1.54) is 12.0 Å². The molecule has 0 aliphatic carbocycles. The highest BCUT2D eigenvalue weighted by atomic mass is 16.5. The smallest absolute Gasteiger partial charge is 0.407 e. The fourth-order valence-electron chi connectivity index (χ4n) is 2.11. The molecule has 1 fully saturated rings. The number of carbonyl (C=O) groups is 3. The Morgan fingerprint density at radius 3 is 2.55 bits per heavy atom. The molecule has 0 radical (unpaired) electrons. The van der Waals surface area contributed by atoms with Crippen LogP contribution in [0.5, 0.6) is 0 Å². The summed E-state index contributed by atoms with van der Waals surface area (Å²) in [4.78, 5) is 36.6. The Labute approximate surface area is 116 Å². The average Bonchev–Trinajstić information content (AvgIpc) is 2.91. The van der Waals surface area contributed by atoms with Crippen molar-refractivity contribution >= 4 is 17.8 Å². The number of nitrogens with one attached hydrogen (secondary N) is 1. The molecule has 106 valence electrons. The molecule has 1 atom stereocenters. The third-order valence-corrected chi connectivity index (χ3v) is 3.17. The molecule has 1 aliphatic rings. The third-order valence-electron chi connectivity index (χ3n) is 3.17. The normalized spacial score (nSPS) is 15.8. The number of nitrogens with zero attached hydrogens (tertiary/aromatic N) is 1. The van der Waals surface area contributed by atoms with Crippen LogP contribution in [0, 0.1) is 0 Å². The average molecular weight is 276 g/mol. The Morgan fingerprint density at radius 1 is 1.30 bits per heavy atom. The first kappa shape index (κ1) is 14.0. The van der Waals surface area contributed by atoms with Crippen LogP contribution in [0.2, 0.25) is 0 Å². The van der Waals surface area contributed by atoms with E-state index < -0.39 is 12.1 Å². The van der Waals surface area contributed by atoms with Crippen molar-refractivity contribution in [1.82, 2.24) is 10.2 Å². The number of Topliss-reactive ketones (excluding diaryl/α,β-unsaturated/α-hetero) is 1. The largest absolute Gasteiger partial charge is 0.453 e. The van der Waals surface area contributed by atoms with Gasteiger partial charge in [0.25, 0.3) is 0 Å². The Hall–Kier alpha value is -2.37. The molecule has 1 aliphatic heterocycles. The van der Waals surface area contributed by atoms with Crippen molar-refractivity contribution in [2.24, 2.45) is 0 Å². The fraction of sp³-hybridized carbons (Fsp3) is 0.357. The van der Waals surface area contributed by atoms with Crippen LogP contribution in [-0.4, -0.2) is 42.9 Å². The number of hydrogen-bond donors (Lipinski definition) is 1. The molecule has 0 spiro atoms. The topological polar surface area (TPSA) is 75.7 Å². The van der Waals surface area contributed by atoms with Gasteiger partial charge < -0.3 is 15.0 Å². The van der Waals surface area contributed by atoms with Crippen molar-refractivity contribution in [1.29, 1.82) is 0 Å². The Bertz CT molecular complexity index is 515. The molecule has 20 heavy (non-hydrogen) atoms. The van der Waals surface area contributed by atoms with Crippen LogP contribution in [0.25, 0.3) is 0 Å². The number of amides is 2. The van der Waals surface area contributed by atoms with Crippen molar-refractivity contribution in [2.45, 2.75) is 12.5 Å². The maximum atomic E-state index is 12.4. The third kappa shape index (κ3) is 3.14. The van der Waals surface area contributed by atoms with E-state index in [0.29, 0.717) is 18.5 Å². The highest BCUT2D eigenvalue weighted by Crippen LogP contribution is 2.18. The van der Waals surface area contributed by atoms with Crippen LogP contribution in [0.4, 0.5) is 4.79 Å². The van der Waals surface area contributed by atoms with E-state index in [-0.39, 0.29) is 18.2 Å². The van der Waals surface area contributed by atoms with Gasteiger partial charge in [0, 0.05) is 13.0 Å². The Morgan fingerprint density at radius 2 is 2.00 bits per heavy atom. The van der Waals surface area contributed by atoms with Gasteiger partial charge >= 0.3 is 6.09 Å². The Kier molecular flexibility index (Phi) is 4.34. The van der Waals surface area contributed by atoms with Crippen LogP contribution in [0.1, 0.15) is 18.0 Å². The standard InChI is InChI=1S/C14H16N2O4/c1-20-14(19)15-12(10-5-3-2-4-6-10)13(18)16-8-7-11(17)9-16/h2-6,12H,7-9H2,1H3,(H,15,19)/t12-/m1/s1. The van der Waals surface area contributed by atoms with E-state index in [2.05, 4.69) is 10.1 Å². The van der Waals surface area contributed by atoms with Crippen molar-refractivity contribution in [2.75, 3.05) is 20.2 Å². The lowest BCUT2D eigenvalue weighted by Crippen LogP contribution is -2.42. The van der Waals surface area contributed by atoms with Crippen LogP contribution < -0.4 is 5.32 Å². The number of hydrogen-bond acceptors (Lipinski definition) is 4. The zero-order valence-electron chi connectivity index (χ0n) is 11.2. The zero-order chi connectivity index (χ0) is 14.5. The summed E-state index contributed by atoms with van der Waals surface area (Å²) in [6.45, 7) is 0.495. The first-order chi connectivity index (χ1) is 9.61. The maximum Gasteiger partial charge on any atom is 0.407 e. The molecular formula is C14H16N2O4. The molecule has 1 aromatic carbocycles. The molecule has 2 amide bonds. The second-order valence-electron chi connectivity index (χ2n) is 4.53. The van der Waals surface area contributed by atoms with E-state index in [9.17, 15) is 14.4 Å². The predicted molar refractivity (Wildman–Crippen MR) is 70.9 cm³/mol. The van der Waals surface area contributed by atoms with Crippen molar-refractivity contribution in [3.63, 3.8) is 0 Å².